The molecule has 4 aromatic rings. The normalized spacial score (nSPS) is 10.8. The largest absolute Gasteiger partial charge is 0.455 e. The zero-order chi connectivity index (χ0) is 24.2. The number of amides is 1. The third-order valence-electron chi connectivity index (χ3n) is 5.21. The van der Waals surface area contributed by atoms with E-state index in [9.17, 15) is 9.59 Å². The van der Waals surface area contributed by atoms with Crippen LogP contribution in [-0.4, -0.2) is 26.6 Å². The number of para-hydroxylation sites is 1. The number of ether oxygens (including phenoxy) is 1. The fourth-order valence-electron chi connectivity index (χ4n) is 3.46. The highest BCUT2D eigenvalue weighted by atomic mass is 35.5. The molecule has 9 heteroatoms. The molecule has 0 aliphatic heterocycles. The van der Waals surface area contributed by atoms with Gasteiger partial charge in [0.15, 0.2) is 5.13 Å². The lowest BCUT2D eigenvalue weighted by Crippen LogP contribution is -2.22. The van der Waals surface area contributed by atoms with E-state index in [1.54, 1.807) is 17.2 Å². The average molecular weight is 495 g/mol. The highest BCUT2D eigenvalue weighted by Crippen LogP contribution is 2.30. The summed E-state index contributed by atoms with van der Waals surface area (Å²) in [4.78, 5) is 31.2. The summed E-state index contributed by atoms with van der Waals surface area (Å²) in [5.41, 5.74) is 3.88. The smallest absolute Gasteiger partial charge is 0.343 e. The van der Waals surface area contributed by atoms with Crippen molar-refractivity contribution in [3.8, 4) is 5.69 Å². The van der Waals surface area contributed by atoms with Crippen LogP contribution in [0.1, 0.15) is 41.2 Å². The van der Waals surface area contributed by atoms with E-state index in [0.717, 1.165) is 17.8 Å². The number of esters is 1. The van der Waals surface area contributed by atoms with Gasteiger partial charge >= 0.3 is 5.97 Å². The maximum atomic E-state index is 12.8. The Morgan fingerprint density at radius 1 is 1.12 bits per heavy atom. The molecule has 0 bridgehead atoms. The van der Waals surface area contributed by atoms with Crippen molar-refractivity contribution < 1.29 is 14.3 Å². The summed E-state index contributed by atoms with van der Waals surface area (Å²) in [5.74, 6) is -0.740. The number of anilines is 2. The van der Waals surface area contributed by atoms with Gasteiger partial charge < -0.3 is 4.74 Å². The third kappa shape index (κ3) is 4.88. The van der Waals surface area contributed by atoms with E-state index in [4.69, 9.17) is 16.3 Å². The number of nitrogens with zero attached hydrogens (tertiary/aromatic N) is 4. The van der Waals surface area contributed by atoms with Crippen molar-refractivity contribution in [1.82, 2.24) is 14.8 Å². The third-order valence-corrected chi connectivity index (χ3v) is 6.43. The van der Waals surface area contributed by atoms with E-state index in [-0.39, 0.29) is 23.2 Å². The van der Waals surface area contributed by atoms with Gasteiger partial charge in [-0.2, -0.15) is 5.10 Å². The van der Waals surface area contributed by atoms with Crippen LogP contribution >= 0.6 is 22.9 Å². The SMILES string of the molecule is CCc1ccc(N(C(C)=O)c2nc(COC(=O)c3c(C)nn(-c4ccccc4)c3Cl)cs2)cc1. The second-order valence-corrected chi connectivity index (χ2v) is 8.77. The highest BCUT2D eigenvalue weighted by Gasteiger charge is 2.23. The number of aryl methyl sites for hydroxylation is 2. The second kappa shape index (κ2) is 10.2. The first-order valence-electron chi connectivity index (χ1n) is 10.7. The molecular weight excluding hydrogens is 472 g/mol. The van der Waals surface area contributed by atoms with E-state index >= 15 is 0 Å². The zero-order valence-corrected chi connectivity index (χ0v) is 20.6. The number of benzene rings is 2. The highest BCUT2D eigenvalue weighted by molar-refractivity contribution is 7.14. The molecule has 0 N–H and O–H groups in total. The van der Waals surface area contributed by atoms with Gasteiger partial charge in [-0.1, -0.05) is 48.9 Å². The number of halogens is 1. The van der Waals surface area contributed by atoms with Crippen molar-refractivity contribution in [2.45, 2.75) is 33.8 Å². The predicted octanol–water partition coefficient (Wildman–Crippen LogP) is 5.89. The maximum Gasteiger partial charge on any atom is 0.343 e. The first-order chi connectivity index (χ1) is 16.4. The number of hydrogen-bond acceptors (Lipinski definition) is 6. The van der Waals surface area contributed by atoms with Crippen LogP contribution in [0.4, 0.5) is 10.8 Å². The molecule has 0 aliphatic carbocycles. The van der Waals surface area contributed by atoms with Crippen LogP contribution in [0.5, 0.6) is 0 Å². The molecule has 34 heavy (non-hydrogen) atoms. The van der Waals surface area contributed by atoms with Gasteiger partial charge in [-0.15, -0.1) is 11.3 Å². The van der Waals surface area contributed by atoms with Gasteiger partial charge in [0.25, 0.3) is 0 Å². The Bertz CT molecular complexity index is 1320. The Kier molecular flexibility index (Phi) is 7.09. The average Bonchev–Trinajstić information content (AvgIpc) is 3.42. The van der Waals surface area contributed by atoms with Crippen LogP contribution in [0.2, 0.25) is 5.15 Å². The molecule has 0 fully saturated rings. The number of thiazole rings is 1. The molecule has 0 atom stereocenters. The van der Waals surface area contributed by atoms with Crippen molar-refractivity contribution >= 4 is 45.6 Å². The van der Waals surface area contributed by atoms with Crippen molar-refractivity contribution in [2.75, 3.05) is 4.90 Å². The van der Waals surface area contributed by atoms with E-state index < -0.39 is 5.97 Å². The van der Waals surface area contributed by atoms with E-state index in [1.165, 1.54) is 28.5 Å². The summed E-state index contributed by atoms with van der Waals surface area (Å²) in [6.45, 7) is 5.22. The van der Waals surface area contributed by atoms with Gasteiger partial charge in [-0.3, -0.25) is 9.69 Å². The minimum Gasteiger partial charge on any atom is -0.455 e. The first kappa shape index (κ1) is 23.7. The van der Waals surface area contributed by atoms with Crippen LogP contribution in [0.3, 0.4) is 0 Å². The van der Waals surface area contributed by atoms with Crippen molar-refractivity contribution in [2.24, 2.45) is 0 Å². The molecule has 0 saturated carbocycles. The van der Waals surface area contributed by atoms with Crippen LogP contribution < -0.4 is 4.90 Å². The molecule has 0 radical (unpaired) electrons. The fourth-order valence-corrected chi connectivity index (χ4v) is 4.68. The van der Waals surface area contributed by atoms with Crippen molar-refractivity contribution in [3.63, 3.8) is 0 Å². The first-order valence-corrected chi connectivity index (χ1v) is 12.0. The van der Waals surface area contributed by atoms with E-state index in [0.29, 0.717) is 16.5 Å². The number of carbonyl (C=O) groups excluding carboxylic acids is 2. The van der Waals surface area contributed by atoms with Crippen LogP contribution in [-0.2, 0) is 22.6 Å². The Balaban J connectivity index is 1.49. The molecule has 2 heterocycles. The molecule has 4 rings (SSSR count). The Labute approximate surface area is 206 Å². The lowest BCUT2D eigenvalue weighted by Gasteiger charge is -2.18. The molecule has 0 unspecified atom stereocenters. The van der Waals surface area contributed by atoms with Gasteiger partial charge in [0.2, 0.25) is 5.91 Å². The molecule has 174 valence electrons. The Morgan fingerprint density at radius 2 is 1.82 bits per heavy atom. The van der Waals surface area contributed by atoms with Gasteiger partial charge in [0.05, 0.1) is 22.8 Å². The predicted molar refractivity (Wildman–Crippen MR) is 133 cm³/mol. The molecule has 2 aromatic carbocycles. The molecular formula is C25H23ClN4O3S. The number of hydrogen-bond donors (Lipinski definition) is 0. The molecule has 2 aromatic heterocycles. The quantitative estimate of drug-likeness (QED) is 0.299. The molecule has 0 aliphatic rings. The minimum atomic E-state index is -0.585. The van der Waals surface area contributed by atoms with Gasteiger partial charge in [0, 0.05) is 12.3 Å². The number of carbonyl (C=O) groups is 2. The van der Waals surface area contributed by atoms with Crippen LogP contribution in [0, 0.1) is 6.92 Å². The van der Waals surface area contributed by atoms with E-state index in [1.807, 2.05) is 54.6 Å². The molecule has 1 amide bonds. The molecule has 7 nitrogen and oxygen atoms in total. The summed E-state index contributed by atoms with van der Waals surface area (Å²) in [6.07, 6.45) is 0.918. The summed E-state index contributed by atoms with van der Waals surface area (Å²) >= 11 is 7.76. The van der Waals surface area contributed by atoms with Crippen LogP contribution in [0.25, 0.3) is 5.69 Å². The fraction of sp³-hybridized carbons (Fsp3) is 0.200. The number of rotatable bonds is 7. The van der Waals surface area contributed by atoms with Gasteiger partial charge in [-0.25, -0.2) is 14.5 Å². The van der Waals surface area contributed by atoms with E-state index in [2.05, 4.69) is 17.0 Å². The Morgan fingerprint density at radius 3 is 2.47 bits per heavy atom. The summed E-state index contributed by atoms with van der Waals surface area (Å²) in [7, 11) is 0. The topological polar surface area (TPSA) is 77.3 Å². The summed E-state index contributed by atoms with van der Waals surface area (Å²) in [5, 5.41) is 6.83. The Hall–Kier alpha value is -3.49. The van der Waals surface area contributed by atoms with Crippen molar-refractivity contribution in [3.05, 3.63) is 87.6 Å². The standard InChI is InChI=1S/C25H23ClN4O3S/c1-4-18-10-12-20(13-11-18)29(17(3)31)25-27-19(15-34-25)14-33-24(32)22-16(2)28-30(23(22)26)21-8-6-5-7-9-21/h5-13,15H,4,14H2,1-3H3. The minimum absolute atomic E-state index is 0.0534. The number of aromatic nitrogens is 3. The maximum absolute atomic E-state index is 12.8. The van der Waals surface area contributed by atoms with Gasteiger partial charge in [0.1, 0.15) is 17.3 Å². The van der Waals surface area contributed by atoms with Crippen LogP contribution in [0.15, 0.2) is 60.0 Å². The lowest BCUT2D eigenvalue weighted by atomic mass is 10.1. The van der Waals surface area contributed by atoms with Crippen molar-refractivity contribution in [1.29, 1.82) is 0 Å². The summed E-state index contributed by atoms with van der Waals surface area (Å²) in [6, 6.07) is 17.1. The monoisotopic (exact) mass is 494 g/mol. The molecule has 0 saturated heterocycles. The second-order valence-electron chi connectivity index (χ2n) is 7.57. The lowest BCUT2D eigenvalue weighted by molar-refractivity contribution is -0.115. The van der Waals surface area contributed by atoms with Gasteiger partial charge in [-0.05, 0) is 43.2 Å². The zero-order valence-electron chi connectivity index (χ0n) is 19.0. The summed E-state index contributed by atoms with van der Waals surface area (Å²) < 4.78 is 6.98. The molecule has 0 spiro atoms.